The first-order valence-corrected chi connectivity index (χ1v) is 10.2. The predicted molar refractivity (Wildman–Crippen MR) is 111 cm³/mol. The SMILES string of the molecule is Cc1ccc(C(=O)CCc2ccc3c(c2)C(=O)N([C@@]2(C)CCC(=O)CC2=O)C3=O)cn1. The molecule has 2 aliphatic rings. The van der Waals surface area contributed by atoms with Crippen LogP contribution in [0.4, 0.5) is 0 Å². The molecule has 2 amide bonds. The Hall–Kier alpha value is -3.48. The minimum Gasteiger partial charge on any atom is -0.299 e. The molecule has 0 saturated heterocycles. The number of Topliss-reactive ketones (excluding diaryl/α,β-unsaturated/α-hetero) is 3. The number of nitrogens with zero attached hydrogens (tertiary/aromatic N) is 2. The molecule has 158 valence electrons. The van der Waals surface area contributed by atoms with Crippen LogP contribution >= 0.6 is 0 Å². The Morgan fingerprint density at radius 1 is 1.06 bits per heavy atom. The van der Waals surface area contributed by atoms with E-state index in [4.69, 9.17) is 0 Å². The van der Waals surface area contributed by atoms with Gasteiger partial charge in [-0.05, 0) is 56.5 Å². The number of fused-ring (bicyclic) bond motifs is 1. The first-order chi connectivity index (χ1) is 14.7. The van der Waals surface area contributed by atoms with Crippen molar-refractivity contribution in [2.45, 2.75) is 51.5 Å². The van der Waals surface area contributed by atoms with Gasteiger partial charge in [-0.3, -0.25) is 33.9 Å². The van der Waals surface area contributed by atoms with Crippen LogP contribution in [-0.2, 0) is 16.0 Å². The van der Waals surface area contributed by atoms with Gasteiger partial charge in [-0.1, -0.05) is 6.07 Å². The lowest BCUT2D eigenvalue weighted by Crippen LogP contribution is -2.57. The highest BCUT2D eigenvalue weighted by atomic mass is 16.2. The lowest BCUT2D eigenvalue weighted by Gasteiger charge is -2.38. The Balaban J connectivity index is 1.53. The minimum absolute atomic E-state index is 0.0537. The molecule has 0 unspecified atom stereocenters. The minimum atomic E-state index is -1.31. The summed E-state index contributed by atoms with van der Waals surface area (Å²) in [6.45, 7) is 3.40. The number of aryl methyl sites for hydroxylation is 2. The molecule has 1 saturated carbocycles. The van der Waals surface area contributed by atoms with Gasteiger partial charge in [0, 0.05) is 30.3 Å². The zero-order chi connectivity index (χ0) is 22.3. The number of carbonyl (C=O) groups excluding carboxylic acids is 5. The zero-order valence-electron chi connectivity index (χ0n) is 17.4. The third-order valence-electron chi connectivity index (χ3n) is 6.17. The van der Waals surface area contributed by atoms with Crippen molar-refractivity contribution in [3.63, 3.8) is 0 Å². The van der Waals surface area contributed by atoms with Gasteiger partial charge >= 0.3 is 0 Å². The fourth-order valence-corrected chi connectivity index (χ4v) is 4.14. The largest absolute Gasteiger partial charge is 0.299 e. The van der Waals surface area contributed by atoms with Crippen LogP contribution in [0.25, 0.3) is 0 Å². The summed E-state index contributed by atoms with van der Waals surface area (Å²) in [5.74, 6) is -1.67. The molecule has 0 bridgehead atoms. The third kappa shape index (κ3) is 3.60. The molecular weight excluding hydrogens is 396 g/mol. The van der Waals surface area contributed by atoms with Crippen LogP contribution < -0.4 is 0 Å². The lowest BCUT2D eigenvalue weighted by atomic mass is 9.80. The number of pyridine rings is 1. The molecule has 1 aromatic carbocycles. The van der Waals surface area contributed by atoms with Gasteiger partial charge in [0.05, 0.1) is 17.5 Å². The van der Waals surface area contributed by atoms with Crippen LogP contribution in [0.5, 0.6) is 0 Å². The van der Waals surface area contributed by atoms with E-state index in [9.17, 15) is 24.0 Å². The highest BCUT2D eigenvalue weighted by molar-refractivity contribution is 6.24. The number of amides is 2. The van der Waals surface area contributed by atoms with Crippen molar-refractivity contribution in [3.05, 3.63) is 64.5 Å². The van der Waals surface area contributed by atoms with Crippen molar-refractivity contribution in [1.82, 2.24) is 9.88 Å². The van der Waals surface area contributed by atoms with Crippen molar-refractivity contribution in [2.75, 3.05) is 0 Å². The standard InChI is InChI=1S/C24H22N2O5/c1-14-3-6-16(13-25-14)20(28)8-5-15-4-7-18-19(11-15)23(31)26(22(18)30)24(2)10-9-17(27)12-21(24)29/h3-4,6-7,11,13H,5,8-10,12H2,1-2H3/t24-/m0/s1. The maximum atomic E-state index is 13.1. The smallest absolute Gasteiger partial charge is 0.262 e. The van der Waals surface area contributed by atoms with Crippen molar-refractivity contribution >= 4 is 29.2 Å². The molecule has 0 radical (unpaired) electrons. The molecule has 31 heavy (non-hydrogen) atoms. The van der Waals surface area contributed by atoms with Crippen molar-refractivity contribution in [3.8, 4) is 0 Å². The molecular formula is C24H22N2O5. The Kier molecular flexibility index (Phi) is 5.13. The van der Waals surface area contributed by atoms with E-state index in [-0.39, 0.29) is 48.4 Å². The number of rotatable bonds is 5. The maximum absolute atomic E-state index is 13.1. The van der Waals surface area contributed by atoms with Crippen molar-refractivity contribution in [2.24, 2.45) is 0 Å². The highest BCUT2D eigenvalue weighted by Crippen LogP contribution is 2.36. The first-order valence-electron chi connectivity index (χ1n) is 10.2. The van der Waals surface area contributed by atoms with E-state index in [1.165, 1.54) is 0 Å². The topological polar surface area (TPSA) is 101 Å². The van der Waals surface area contributed by atoms with E-state index in [0.717, 1.165) is 16.2 Å². The second-order valence-electron chi connectivity index (χ2n) is 8.35. The number of aromatic nitrogens is 1. The van der Waals surface area contributed by atoms with Gasteiger partial charge in [-0.15, -0.1) is 0 Å². The van der Waals surface area contributed by atoms with E-state index in [1.54, 1.807) is 43.5 Å². The molecule has 2 heterocycles. The summed E-state index contributed by atoms with van der Waals surface area (Å²) >= 11 is 0. The van der Waals surface area contributed by atoms with Gasteiger partial charge in [-0.2, -0.15) is 0 Å². The Morgan fingerprint density at radius 2 is 1.81 bits per heavy atom. The van der Waals surface area contributed by atoms with Crippen LogP contribution in [0, 0.1) is 6.92 Å². The van der Waals surface area contributed by atoms with Gasteiger partial charge in [-0.25, -0.2) is 0 Å². The highest BCUT2D eigenvalue weighted by Gasteiger charge is 2.52. The molecule has 7 heteroatoms. The van der Waals surface area contributed by atoms with Crippen LogP contribution in [0.2, 0.25) is 0 Å². The molecule has 1 aliphatic heterocycles. The van der Waals surface area contributed by atoms with E-state index in [2.05, 4.69) is 4.98 Å². The lowest BCUT2D eigenvalue weighted by molar-refractivity contribution is -0.137. The summed E-state index contributed by atoms with van der Waals surface area (Å²) in [7, 11) is 0. The quantitative estimate of drug-likeness (QED) is 0.420. The number of hydrogen-bond donors (Lipinski definition) is 0. The third-order valence-corrected chi connectivity index (χ3v) is 6.17. The summed E-state index contributed by atoms with van der Waals surface area (Å²) in [4.78, 5) is 67.7. The average Bonchev–Trinajstić information content (AvgIpc) is 3.00. The normalized spacial score (nSPS) is 20.9. The number of ketones is 3. The Morgan fingerprint density at radius 3 is 2.48 bits per heavy atom. The average molecular weight is 418 g/mol. The Labute approximate surface area is 179 Å². The van der Waals surface area contributed by atoms with Crippen LogP contribution in [0.1, 0.15) is 74.9 Å². The molecule has 2 aromatic rings. The molecule has 4 rings (SSSR count). The van der Waals surface area contributed by atoms with Crippen molar-refractivity contribution in [1.29, 1.82) is 0 Å². The maximum Gasteiger partial charge on any atom is 0.262 e. The van der Waals surface area contributed by atoms with E-state index < -0.39 is 23.1 Å². The van der Waals surface area contributed by atoms with Gasteiger partial charge in [0.15, 0.2) is 11.6 Å². The second kappa shape index (κ2) is 7.65. The summed E-state index contributed by atoms with van der Waals surface area (Å²) in [6, 6.07) is 8.44. The fourth-order valence-electron chi connectivity index (χ4n) is 4.14. The predicted octanol–water partition coefficient (Wildman–Crippen LogP) is 2.88. The second-order valence-corrected chi connectivity index (χ2v) is 8.35. The van der Waals surface area contributed by atoms with E-state index in [1.807, 2.05) is 6.92 Å². The molecule has 1 fully saturated rings. The molecule has 1 aromatic heterocycles. The van der Waals surface area contributed by atoms with Gasteiger partial charge in [0.25, 0.3) is 11.8 Å². The van der Waals surface area contributed by atoms with Gasteiger partial charge < -0.3 is 0 Å². The van der Waals surface area contributed by atoms with Gasteiger partial charge in [0.2, 0.25) is 0 Å². The van der Waals surface area contributed by atoms with Crippen LogP contribution in [0.15, 0.2) is 36.5 Å². The van der Waals surface area contributed by atoms with Crippen molar-refractivity contribution < 1.29 is 24.0 Å². The number of hydrogen-bond acceptors (Lipinski definition) is 6. The fraction of sp³-hybridized carbons (Fsp3) is 0.333. The monoisotopic (exact) mass is 418 g/mol. The molecule has 0 spiro atoms. The van der Waals surface area contributed by atoms with Gasteiger partial charge in [0.1, 0.15) is 11.3 Å². The van der Waals surface area contributed by atoms with E-state index >= 15 is 0 Å². The Bertz CT molecular complexity index is 1140. The zero-order valence-corrected chi connectivity index (χ0v) is 17.4. The van der Waals surface area contributed by atoms with E-state index in [0.29, 0.717) is 12.0 Å². The molecule has 0 N–H and O–H groups in total. The van der Waals surface area contributed by atoms with Crippen LogP contribution in [0.3, 0.4) is 0 Å². The number of imide groups is 1. The summed E-state index contributed by atoms with van der Waals surface area (Å²) in [5, 5.41) is 0. The van der Waals surface area contributed by atoms with Crippen LogP contribution in [-0.4, -0.2) is 44.6 Å². The number of carbonyl (C=O) groups is 5. The molecule has 1 atom stereocenters. The summed E-state index contributed by atoms with van der Waals surface area (Å²) in [5.41, 5.74) is 1.28. The molecule has 1 aliphatic carbocycles. The molecule has 7 nitrogen and oxygen atoms in total. The first kappa shape index (κ1) is 20.8. The summed E-state index contributed by atoms with van der Waals surface area (Å²) < 4.78 is 0. The summed E-state index contributed by atoms with van der Waals surface area (Å²) in [6.07, 6.45) is 2.25. The number of benzene rings is 1.